The molecule has 0 radical (unpaired) electrons. The van der Waals surface area contributed by atoms with E-state index in [1.54, 1.807) is 18.1 Å². The number of hydrogen-bond donors (Lipinski definition) is 1. The second-order valence-electron chi connectivity index (χ2n) is 6.06. The van der Waals surface area contributed by atoms with Gasteiger partial charge in [-0.1, -0.05) is 18.7 Å². The summed E-state index contributed by atoms with van der Waals surface area (Å²) >= 11 is 1.59. The molecule has 0 aromatic carbocycles. The molecule has 1 aromatic heterocycles. The van der Waals surface area contributed by atoms with Crippen LogP contribution in [0.4, 0.5) is 0 Å². The Morgan fingerprint density at radius 3 is 2.75 bits per heavy atom. The quantitative estimate of drug-likeness (QED) is 0.815. The maximum atomic E-state index is 10.2. The lowest BCUT2D eigenvalue weighted by Gasteiger charge is -2.31. The van der Waals surface area contributed by atoms with E-state index in [4.69, 9.17) is 0 Å². The summed E-state index contributed by atoms with van der Waals surface area (Å²) in [7, 11) is 0. The van der Waals surface area contributed by atoms with Crippen LogP contribution in [-0.4, -0.2) is 56.3 Å². The van der Waals surface area contributed by atoms with Crippen LogP contribution in [0.2, 0.25) is 0 Å². The minimum absolute atomic E-state index is 0.300. The number of aromatic nitrogens is 3. The first-order chi connectivity index (χ1) is 9.56. The Labute approximate surface area is 125 Å². The first-order valence-corrected chi connectivity index (χ1v) is 8.47. The van der Waals surface area contributed by atoms with Gasteiger partial charge in [0, 0.05) is 18.3 Å². The highest BCUT2D eigenvalue weighted by atomic mass is 32.2. The topological polar surface area (TPSA) is 54.2 Å². The summed E-state index contributed by atoms with van der Waals surface area (Å²) in [5.74, 6) is 1.51. The van der Waals surface area contributed by atoms with E-state index in [0.717, 1.165) is 30.7 Å². The fourth-order valence-electron chi connectivity index (χ4n) is 2.46. The van der Waals surface area contributed by atoms with Crippen LogP contribution in [0.15, 0.2) is 11.5 Å². The van der Waals surface area contributed by atoms with Gasteiger partial charge in [-0.2, -0.15) is 0 Å². The number of aliphatic hydroxyl groups is 1. The Kier molecular flexibility index (Phi) is 5.86. The summed E-state index contributed by atoms with van der Waals surface area (Å²) in [4.78, 5) is 2.37. The van der Waals surface area contributed by atoms with Crippen molar-refractivity contribution in [1.82, 2.24) is 19.7 Å². The Morgan fingerprint density at radius 1 is 1.40 bits per heavy atom. The molecule has 114 valence electrons. The molecule has 5 nitrogen and oxygen atoms in total. The molecule has 1 N–H and O–H groups in total. The first-order valence-electron chi connectivity index (χ1n) is 7.49. The zero-order chi connectivity index (χ0) is 14.5. The van der Waals surface area contributed by atoms with Crippen molar-refractivity contribution < 1.29 is 5.11 Å². The number of nitrogens with zero attached hydrogens (tertiary/aromatic N) is 4. The van der Waals surface area contributed by atoms with Gasteiger partial charge < -0.3 is 14.6 Å². The van der Waals surface area contributed by atoms with E-state index >= 15 is 0 Å². The van der Waals surface area contributed by atoms with Crippen LogP contribution >= 0.6 is 11.8 Å². The summed E-state index contributed by atoms with van der Waals surface area (Å²) < 4.78 is 2.04. The number of likely N-dealkylation sites (tertiary alicyclic amines) is 1. The molecule has 1 fully saturated rings. The molecule has 1 saturated heterocycles. The van der Waals surface area contributed by atoms with Gasteiger partial charge in [-0.25, -0.2) is 0 Å². The zero-order valence-electron chi connectivity index (χ0n) is 12.7. The van der Waals surface area contributed by atoms with Gasteiger partial charge in [0.25, 0.3) is 0 Å². The highest BCUT2D eigenvalue weighted by Gasteiger charge is 2.19. The molecule has 0 saturated carbocycles. The molecule has 1 aliphatic rings. The molecular formula is C14H26N4OS. The van der Waals surface area contributed by atoms with Crippen molar-refractivity contribution in [3.8, 4) is 0 Å². The van der Waals surface area contributed by atoms with Crippen molar-refractivity contribution in [1.29, 1.82) is 0 Å². The number of thioether (sulfide) groups is 1. The van der Waals surface area contributed by atoms with Crippen LogP contribution in [0.3, 0.4) is 0 Å². The van der Waals surface area contributed by atoms with Gasteiger partial charge in [0.1, 0.15) is 6.33 Å². The number of rotatable bonds is 6. The van der Waals surface area contributed by atoms with Crippen molar-refractivity contribution >= 4 is 11.8 Å². The third kappa shape index (κ3) is 4.46. The van der Waals surface area contributed by atoms with Gasteiger partial charge >= 0.3 is 0 Å². The Balaban J connectivity index is 1.74. The molecule has 0 spiro atoms. The lowest BCUT2D eigenvalue weighted by molar-refractivity contribution is 0.105. The highest BCUT2D eigenvalue weighted by Crippen LogP contribution is 2.21. The summed E-state index contributed by atoms with van der Waals surface area (Å²) in [5, 5.41) is 19.1. The van der Waals surface area contributed by atoms with Crippen molar-refractivity contribution in [2.75, 3.05) is 25.4 Å². The molecule has 20 heavy (non-hydrogen) atoms. The Bertz CT molecular complexity index is 402. The van der Waals surface area contributed by atoms with E-state index in [1.807, 2.05) is 4.57 Å². The molecule has 6 heteroatoms. The molecular weight excluding hydrogens is 272 g/mol. The van der Waals surface area contributed by atoms with Crippen LogP contribution in [-0.2, 0) is 0 Å². The van der Waals surface area contributed by atoms with Crippen LogP contribution in [0.5, 0.6) is 0 Å². The largest absolute Gasteiger partial charge is 0.391 e. The molecule has 2 rings (SSSR count). The van der Waals surface area contributed by atoms with Gasteiger partial charge in [0.05, 0.1) is 6.10 Å². The second kappa shape index (κ2) is 7.43. The lowest BCUT2D eigenvalue weighted by Crippen LogP contribution is -2.39. The van der Waals surface area contributed by atoms with Crippen LogP contribution in [0.25, 0.3) is 0 Å². The predicted molar refractivity (Wildman–Crippen MR) is 82.0 cm³/mol. The molecule has 1 unspecified atom stereocenters. The summed E-state index contributed by atoms with van der Waals surface area (Å²) in [6.45, 7) is 9.53. The van der Waals surface area contributed by atoms with Crippen molar-refractivity contribution in [2.45, 2.75) is 50.9 Å². The fourth-order valence-corrected chi connectivity index (χ4v) is 3.41. The molecule has 1 atom stereocenters. The number of β-amino-alcohol motifs (C(OH)–C–C–N with tert-alkyl or cyclic N) is 1. The monoisotopic (exact) mass is 298 g/mol. The van der Waals surface area contributed by atoms with E-state index in [2.05, 4.69) is 35.9 Å². The number of hydrogen-bond acceptors (Lipinski definition) is 5. The molecule has 1 aromatic rings. The Morgan fingerprint density at radius 2 is 2.10 bits per heavy atom. The van der Waals surface area contributed by atoms with E-state index < -0.39 is 0 Å². The number of aliphatic hydroxyl groups excluding tert-OH is 1. The molecule has 1 aliphatic heterocycles. The van der Waals surface area contributed by atoms with Crippen LogP contribution < -0.4 is 0 Å². The Hall–Kier alpha value is -0.590. The summed E-state index contributed by atoms with van der Waals surface area (Å²) in [5.41, 5.74) is 0. The average molecular weight is 298 g/mol. The predicted octanol–water partition coefficient (Wildman–Crippen LogP) is 2.04. The standard InChI is InChI=1S/C14H26N4OS/c1-11(2)18-10-15-16-14(18)20-9-13(19)8-17-6-4-12(3)5-7-17/h10-13,19H,4-9H2,1-3H3. The second-order valence-corrected chi connectivity index (χ2v) is 7.05. The minimum atomic E-state index is -0.300. The normalized spacial score (nSPS) is 19.6. The zero-order valence-corrected chi connectivity index (χ0v) is 13.5. The summed E-state index contributed by atoms with van der Waals surface area (Å²) in [6.07, 6.45) is 3.96. The molecule has 0 amide bonds. The fraction of sp³-hybridized carbons (Fsp3) is 0.857. The lowest BCUT2D eigenvalue weighted by atomic mass is 9.99. The van der Waals surface area contributed by atoms with Crippen molar-refractivity contribution in [2.24, 2.45) is 5.92 Å². The van der Waals surface area contributed by atoms with E-state index in [1.165, 1.54) is 12.8 Å². The van der Waals surface area contributed by atoms with Crippen molar-refractivity contribution in [3.05, 3.63) is 6.33 Å². The van der Waals surface area contributed by atoms with Gasteiger partial charge in [0.15, 0.2) is 5.16 Å². The van der Waals surface area contributed by atoms with Crippen LogP contribution in [0.1, 0.15) is 39.7 Å². The summed E-state index contributed by atoms with van der Waals surface area (Å²) in [6, 6.07) is 0.355. The van der Waals surface area contributed by atoms with E-state index in [-0.39, 0.29) is 6.10 Å². The first kappa shape index (κ1) is 15.8. The van der Waals surface area contributed by atoms with E-state index in [0.29, 0.717) is 11.8 Å². The maximum Gasteiger partial charge on any atom is 0.191 e. The molecule has 0 aliphatic carbocycles. The molecule has 2 heterocycles. The SMILES string of the molecule is CC1CCN(CC(O)CSc2nncn2C(C)C)CC1. The third-order valence-electron chi connectivity index (χ3n) is 3.85. The van der Waals surface area contributed by atoms with Gasteiger partial charge in [0.2, 0.25) is 0 Å². The van der Waals surface area contributed by atoms with Crippen LogP contribution in [0, 0.1) is 5.92 Å². The minimum Gasteiger partial charge on any atom is -0.391 e. The smallest absolute Gasteiger partial charge is 0.191 e. The maximum absolute atomic E-state index is 10.2. The number of piperidine rings is 1. The van der Waals surface area contributed by atoms with Crippen molar-refractivity contribution in [3.63, 3.8) is 0 Å². The molecule has 0 bridgehead atoms. The third-order valence-corrected chi connectivity index (χ3v) is 4.95. The highest BCUT2D eigenvalue weighted by molar-refractivity contribution is 7.99. The van der Waals surface area contributed by atoms with Gasteiger partial charge in [-0.3, -0.25) is 0 Å². The van der Waals surface area contributed by atoms with E-state index in [9.17, 15) is 5.11 Å². The average Bonchev–Trinajstić information content (AvgIpc) is 2.88. The van der Waals surface area contributed by atoms with Gasteiger partial charge in [-0.05, 0) is 45.7 Å². The van der Waals surface area contributed by atoms with Gasteiger partial charge in [-0.15, -0.1) is 10.2 Å².